The van der Waals surface area contributed by atoms with Crippen LogP contribution in [0.3, 0.4) is 0 Å². The van der Waals surface area contributed by atoms with Crippen molar-refractivity contribution in [1.82, 2.24) is 0 Å². The number of hydrogen-bond donors (Lipinski definition) is 0. The molecular formula is C22H29FO. The third-order valence-corrected chi connectivity index (χ3v) is 4.76. The zero-order valence-corrected chi connectivity index (χ0v) is 15.3. The highest BCUT2D eigenvalue weighted by Gasteiger charge is 2.18. The molecule has 0 amide bonds. The zero-order valence-electron chi connectivity index (χ0n) is 15.3. The molecule has 2 unspecified atom stereocenters. The number of hydrogen-bond acceptors (Lipinski definition) is 1. The zero-order chi connectivity index (χ0) is 17.5. The van der Waals surface area contributed by atoms with Crippen molar-refractivity contribution in [3.05, 3.63) is 65.0 Å². The van der Waals surface area contributed by atoms with Gasteiger partial charge < -0.3 is 4.74 Å². The van der Waals surface area contributed by atoms with Gasteiger partial charge in [-0.05, 0) is 59.6 Å². The first-order chi connectivity index (χ1) is 11.7. The Kier molecular flexibility index (Phi) is 6.84. The summed E-state index contributed by atoms with van der Waals surface area (Å²) < 4.78 is 18.8. The van der Waals surface area contributed by atoms with Crippen LogP contribution in [0.2, 0.25) is 0 Å². The highest BCUT2D eigenvalue weighted by Crippen LogP contribution is 2.35. The Bertz CT molecular complexity index is 633. The second-order valence-electron chi connectivity index (χ2n) is 6.26. The third kappa shape index (κ3) is 4.37. The van der Waals surface area contributed by atoms with Crippen molar-refractivity contribution in [2.45, 2.75) is 58.8 Å². The predicted molar refractivity (Wildman–Crippen MR) is 99.5 cm³/mol. The number of ether oxygens (including phenoxy) is 1. The fourth-order valence-corrected chi connectivity index (χ4v) is 3.33. The molecule has 2 aromatic rings. The molecule has 2 aromatic carbocycles. The van der Waals surface area contributed by atoms with Gasteiger partial charge in [-0.3, -0.25) is 0 Å². The largest absolute Gasteiger partial charge is 0.493 e. The molecule has 0 N–H and O–H groups in total. The smallest absolute Gasteiger partial charge is 0.123 e. The third-order valence-electron chi connectivity index (χ3n) is 4.76. The van der Waals surface area contributed by atoms with Crippen molar-refractivity contribution in [2.75, 3.05) is 6.61 Å². The van der Waals surface area contributed by atoms with Crippen LogP contribution in [0.4, 0.5) is 4.39 Å². The Labute approximate surface area is 145 Å². The van der Waals surface area contributed by atoms with Gasteiger partial charge in [0.1, 0.15) is 11.6 Å². The van der Waals surface area contributed by atoms with Crippen LogP contribution in [0.5, 0.6) is 5.75 Å². The molecule has 0 aromatic heterocycles. The van der Waals surface area contributed by atoms with Crippen LogP contribution in [0.15, 0.2) is 42.5 Å². The van der Waals surface area contributed by atoms with E-state index in [9.17, 15) is 4.39 Å². The van der Waals surface area contributed by atoms with E-state index in [-0.39, 0.29) is 5.82 Å². The Hall–Kier alpha value is -1.83. The first-order valence-corrected chi connectivity index (χ1v) is 9.18. The first kappa shape index (κ1) is 18.5. The van der Waals surface area contributed by atoms with Gasteiger partial charge in [0.25, 0.3) is 0 Å². The molecule has 1 aliphatic rings. The molecule has 24 heavy (non-hydrogen) atoms. The molecule has 0 spiro atoms. The summed E-state index contributed by atoms with van der Waals surface area (Å²) in [5.74, 6) is 1.82. The normalized spacial score (nSPS) is 14.9. The van der Waals surface area contributed by atoms with Gasteiger partial charge in [0, 0.05) is 6.42 Å². The second kappa shape index (κ2) is 8.86. The van der Waals surface area contributed by atoms with E-state index in [1.807, 2.05) is 26.0 Å². The van der Waals surface area contributed by atoms with Gasteiger partial charge in [-0.2, -0.15) is 0 Å². The first-order valence-electron chi connectivity index (χ1n) is 9.18. The highest BCUT2D eigenvalue weighted by molar-refractivity contribution is 5.41. The Morgan fingerprint density at radius 1 is 1.04 bits per heavy atom. The number of fused-ring (bicyclic) bond motifs is 1. The molecule has 1 nitrogen and oxygen atoms in total. The Morgan fingerprint density at radius 3 is 2.38 bits per heavy atom. The molecule has 0 fully saturated rings. The molecule has 0 saturated carbocycles. The monoisotopic (exact) mass is 328 g/mol. The fraction of sp³-hybridized carbons (Fsp3) is 0.455. The van der Waals surface area contributed by atoms with Gasteiger partial charge in [-0.25, -0.2) is 4.39 Å². The lowest BCUT2D eigenvalue weighted by Crippen LogP contribution is -2.04. The molecule has 0 bridgehead atoms. The average molecular weight is 328 g/mol. The van der Waals surface area contributed by atoms with E-state index in [0.717, 1.165) is 31.6 Å². The number of rotatable bonds is 5. The van der Waals surface area contributed by atoms with E-state index >= 15 is 0 Å². The molecule has 130 valence electrons. The maximum absolute atomic E-state index is 13.1. The molecule has 0 aliphatic carbocycles. The minimum Gasteiger partial charge on any atom is -0.493 e. The van der Waals surface area contributed by atoms with Crippen LogP contribution >= 0.6 is 0 Å². The Balaban J connectivity index is 0.00000100. The van der Waals surface area contributed by atoms with Gasteiger partial charge in [0.05, 0.1) is 6.61 Å². The van der Waals surface area contributed by atoms with Crippen molar-refractivity contribution in [3.63, 3.8) is 0 Å². The van der Waals surface area contributed by atoms with Crippen LogP contribution in [0.1, 0.15) is 69.1 Å². The molecule has 0 radical (unpaired) electrons. The quantitative estimate of drug-likeness (QED) is 0.611. The van der Waals surface area contributed by atoms with E-state index in [4.69, 9.17) is 4.74 Å². The standard InChI is InChI=1S/C20H23FO.C2H6/c1-3-15(12-14(2)16-6-8-19(21)9-7-16)18-5-4-17-10-11-22-20(17)13-18;1-2/h4-9,13-15H,3,10-12H2,1-2H3;1-2H3. The van der Waals surface area contributed by atoms with E-state index < -0.39 is 0 Å². The minimum absolute atomic E-state index is 0.168. The summed E-state index contributed by atoms with van der Waals surface area (Å²) >= 11 is 0. The highest BCUT2D eigenvalue weighted by atomic mass is 19.1. The summed E-state index contributed by atoms with van der Waals surface area (Å²) in [5.41, 5.74) is 3.89. The summed E-state index contributed by atoms with van der Waals surface area (Å²) in [7, 11) is 0. The van der Waals surface area contributed by atoms with Crippen molar-refractivity contribution in [3.8, 4) is 5.75 Å². The van der Waals surface area contributed by atoms with Crippen LogP contribution in [0.25, 0.3) is 0 Å². The summed E-state index contributed by atoms with van der Waals surface area (Å²) in [5, 5.41) is 0. The van der Waals surface area contributed by atoms with E-state index in [0.29, 0.717) is 11.8 Å². The average Bonchev–Trinajstić information content (AvgIpc) is 3.09. The van der Waals surface area contributed by atoms with Crippen LogP contribution < -0.4 is 4.74 Å². The van der Waals surface area contributed by atoms with E-state index in [1.54, 1.807) is 12.1 Å². The van der Waals surface area contributed by atoms with Gasteiger partial charge in [-0.1, -0.05) is 52.0 Å². The molecule has 2 atom stereocenters. The summed E-state index contributed by atoms with van der Waals surface area (Å²) in [6, 6.07) is 13.6. The van der Waals surface area contributed by atoms with Crippen molar-refractivity contribution in [1.29, 1.82) is 0 Å². The van der Waals surface area contributed by atoms with Crippen LogP contribution in [0, 0.1) is 5.82 Å². The van der Waals surface area contributed by atoms with Crippen LogP contribution in [-0.2, 0) is 6.42 Å². The van der Waals surface area contributed by atoms with Crippen molar-refractivity contribution in [2.24, 2.45) is 0 Å². The van der Waals surface area contributed by atoms with Gasteiger partial charge in [-0.15, -0.1) is 0 Å². The molecule has 3 rings (SSSR count). The molecular weight excluding hydrogens is 299 g/mol. The summed E-state index contributed by atoms with van der Waals surface area (Å²) in [4.78, 5) is 0. The molecule has 2 heteroatoms. The SMILES string of the molecule is CC.CCC(CC(C)c1ccc(F)cc1)c1ccc2c(c1)OCC2. The minimum atomic E-state index is -0.168. The number of benzene rings is 2. The lowest BCUT2D eigenvalue weighted by Gasteiger charge is -2.21. The van der Waals surface area contributed by atoms with Crippen molar-refractivity contribution >= 4 is 0 Å². The molecule has 1 heterocycles. The summed E-state index contributed by atoms with van der Waals surface area (Å²) in [6.07, 6.45) is 3.20. The van der Waals surface area contributed by atoms with Gasteiger partial charge >= 0.3 is 0 Å². The lowest BCUT2D eigenvalue weighted by atomic mass is 9.84. The van der Waals surface area contributed by atoms with E-state index in [2.05, 4.69) is 32.0 Å². The van der Waals surface area contributed by atoms with Crippen molar-refractivity contribution < 1.29 is 9.13 Å². The molecule has 1 aliphatic heterocycles. The fourth-order valence-electron chi connectivity index (χ4n) is 3.33. The van der Waals surface area contributed by atoms with Gasteiger partial charge in [0.15, 0.2) is 0 Å². The predicted octanol–water partition coefficient (Wildman–Crippen LogP) is 6.47. The topological polar surface area (TPSA) is 9.23 Å². The number of halogens is 1. The molecule has 0 saturated heterocycles. The lowest BCUT2D eigenvalue weighted by molar-refractivity contribution is 0.356. The Morgan fingerprint density at radius 2 is 1.71 bits per heavy atom. The maximum atomic E-state index is 13.1. The maximum Gasteiger partial charge on any atom is 0.123 e. The van der Waals surface area contributed by atoms with Gasteiger partial charge in [0.2, 0.25) is 0 Å². The van der Waals surface area contributed by atoms with E-state index in [1.165, 1.54) is 16.7 Å². The summed E-state index contributed by atoms with van der Waals surface area (Å²) in [6.45, 7) is 9.26. The second-order valence-corrected chi connectivity index (χ2v) is 6.26. The van der Waals surface area contributed by atoms with Crippen LogP contribution in [-0.4, -0.2) is 6.61 Å².